The Balaban J connectivity index is 1.81. The van der Waals surface area contributed by atoms with E-state index in [0.29, 0.717) is 18.5 Å². The van der Waals surface area contributed by atoms with Crippen LogP contribution in [0.15, 0.2) is 30.5 Å². The molecular weight excluding hydrogens is 436 g/mol. The van der Waals surface area contributed by atoms with Gasteiger partial charge in [-0.3, -0.25) is 9.69 Å². The van der Waals surface area contributed by atoms with E-state index in [1.807, 2.05) is 0 Å². The van der Waals surface area contributed by atoms with Gasteiger partial charge in [0.2, 0.25) is 0 Å². The van der Waals surface area contributed by atoms with Crippen molar-refractivity contribution in [3.8, 4) is 11.8 Å². The van der Waals surface area contributed by atoms with Crippen LogP contribution in [0.25, 0.3) is 0 Å². The molecule has 0 N–H and O–H groups in total. The number of hydrogen-bond acceptors (Lipinski definition) is 6. The summed E-state index contributed by atoms with van der Waals surface area (Å²) in [6.07, 6.45) is -2.16. The van der Waals surface area contributed by atoms with Crippen LogP contribution in [0.1, 0.15) is 30.5 Å². The molecule has 1 saturated heterocycles. The van der Waals surface area contributed by atoms with Gasteiger partial charge in [0.05, 0.1) is 24.6 Å². The Labute approximate surface area is 180 Å². The molecule has 1 spiro atoms. The van der Waals surface area contributed by atoms with Gasteiger partial charge in [0.15, 0.2) is 22.8 Å². The third-order valence-corrected chi connectivity index (χ3v) is 6.16. The number of thiol groups is 1. The van der Waals surface area contributed by atoms with Gasteiger partial charge >= 0.3 is 6.18 Å². The molecule has 1 aromatic heterocycles. The molecule has 0 radical (unpaired) electrons. The average Bonchev–Trinajstić information content (AvgIpc) is 2.93. The van der Waals surface area contributed by atoms with E-state index in [0.717, 1.165) is 23.6 Å². The van der Waals surface area contributed by atoms with Crippen LogP contribution in [0.4, 0.5) is 28.9 Å². The van der Waals surface area contributed by atoms with Crippen LogP contribution in [0, 0.1) is 17.1 Å². The highest BCUT2D eigenvalue weighted by atomic mass is 32.1. The maximum Gasteiger partial charge on any atom is 0.419 e. The van der Waals surface area contributed by atoms with E-state index in [-0.39, 0.29) is 11.4 Å². The van der Waals surface area contributed by atoms with Gasteiger partial charge in [-0.05, 0) is 37.5 Å². The zero-order chi connectivity index (χ0) is 22.6. The van der Waals surface area contributed by atoms with Gasteiger partial charge in [-0.25, -0.2) is 9.37 Å². The topological polar surface area (TPSA) is 69.5 Å². The summed E-state index contributed by atoms with van der Waals surface area (Å²) in [6, 6.07) is 6.32. The predicted molar refractivity (Wildman–Crippen MR) is 106 cm³/mol. The second-order valence-corrected chi connectivity index (χ2v) is 7.76. The molecule has 162 valence electrons. The molecule has 1 atom stereocenters. The molecule has 0 bridgehead atoms. The molecule has 1 aliphatic carbocycles. The van der Waals surface area contributed by atoms with Crippen LogP contribution >= 0.6 is 12.6 Å². The summed E-state index contributed by atoms with van der Waals surface area (Å²) in [4.78, 5) is 19.7. The Bertz CT molecular complexity index is 1100. The molecule has 11 heteroatoms. The van der Waals surface area contributed by atoms with Gasteiger partial charge in [0.1, 0.15) is 11.6 Å². The summed E-state index contributed by atoms with van der Waals surface area (Å²) in [7, 11) is 1.32. The molecule has 2 fully saturated rings. The quantitative estimate of drug-likeness (QED) is 0.561. The number of hydrogen-bond donors (Lipinski definition) is 1. The number of amides is 1. The number of halogens is 4. The van der Waals surface area contributed by atoms with Crippen molar-refractivity contribution >= 4 is 29.9 Å². The monoisotopic (exact) mass is 452 g/mol. The number of benzene rings is 1. The molecular formula is C20H16F4N4O2S. The predicted octanol–water partition coefficient (Wildman–Crippen LogP) is 4.11. The number of methoxy groups -OCH3 is 1. The number of aromatic nitrogens is 1. The second-order valence-electron chi connectivity index (χ2n) is 7.29. The van der Waals surface area contributed by atoms with Gasteiger partial charge in [0.25, 0.3) is 5.91 Å². The van der Waals surface area contributed by atoms with Crippen molar-refractivity contribution in [1.29, 1.82) is 5.26 Å². The Hall–Kier alpha value is -3.00. The first-order valence-electron chi connectivity index (χ1n) is 9.26. The fourth-order valence-corrected chi connectivity index (χ4v) is 4.65. The van der Waals surface area contributed by atoms with E-state index in [4.69, 9.17) is 10.00 Å². The van der Waals surface area contributed by atoms with Crippen LogP contribution in [-0.4, -0.2) is 29.0 Å². The van der Waals surface area contributed by atoms with Crippen molar-refractivity contribution in [3.63, 3.8) is 0 Å². The van der Waals surface area contributed by atoms with Gasteiger partial charge in [-0.15, -0.1) is 12.6 Å². The van der Waals surface area contributed by atoms with Gasteiger partial charge in [0, 0.05) is 11.8 Å². The highest BCUT2D eigenvalue weighted by Crippen LogP contribution is 2.50. The number of carbonyl (C=O) groups excluding carboxylic acids is 1. The van der Waals surface area contributed by atoms with Crippen LogP contribution in [0.3, 0.4) is 0 Å². The molecule has 2 aliphatic rings. The number of alkyl halides is 3. The first-order valence-corrected chi connectivity index (χ1v) is 9.77. The zero-order valence-electron chi connectivity index (χ0n) is 16.1. The molecule has 6 nitrogen and oxygen atoms in total. The SMILES string of the molecule is COc1ccc(N2C(S)N(c3cnc(C#N)c(C(F)(F)F)c3)C(=O)C23CCC3)cc1F. The van der Waals surface area contributed by atoms with E-state index in [2.05, 4.69) is 17.6 Å². The molecule has 31 heavy (non-hydrogen) atoms. The lowest BCUT2D eigenvalue weighted by molar-refractivity contribution is -0.138. The van der Waals surface area contributed by atoms with E-state index in [1.54, 1.807) is 11.0 Å². The van der Waals surface area contributed by atoms with Crippen molar-refractivity contribution in [1.82, 2.24) is 4.98 Å². The van der Waals surface area contributed by atoms with E-state index in [9.17, 15) is 22.4 Å². The minimum absolute atomic E-state index is 0.0237. The Morgan fingerprint density at radius 1 is 1.29 bits per heavy atom. The molecule has 1 aliphatic heterocycles. The van der Waals surface area contributed by atoms with E-state index >= 15 is 0 Å². The summed E-state index contributed by atoms with van der Waals surface area (Å²) >= 11 is 4.51. The summed E-state index contributed by atoms with van der Waals surface area (Å²) in [5.41, 5.74) is -3.86. The van der Waals surface area contributed by atoms with E-state index < -0.39 is 40.2 Å². The number of nitriles is 1. The third kappa shape index (κ3) is 3.17. The number of nitrogens with zero attached hydrogens (tertiary/aromatic N) is 4. The largest absolute Gasteiger partial charge is 0.494 e. The molecule has 4 rings (SSSR count). The van der Waals surface area contributed by atoms with Crippen molar-refractivity contribution in [2.24, 2.45) is 0 Å². The summed E-state index contributed by atoms with van der Waals surface area (Å²) in [6.45, 7) is 0. The lowest BCUT2D eigenvalue weighted by Gasteiger charge is -2.44. The molecule has 1 amide bonds. The highest BCUT2D eigenvalue weighted by molar-refractivity contribution is 7.81. The van der Waals surface area contributed by atoms with Gasteiger partial charge < -0.3 is 9.64 Å². The van der Waals surface area contributed by atoms with Crippen molar-refractivity contribution in [3.05, 3.63) is 47.5 Å². The third-order valence-electron chi connectivity index (χ3n) is 5.70. The fraction of sp³-hybridized carbons (Fsp3) is 0.350. The first kappa shape index (κ1) is 21.2. The van der Waals surface area contributed by atoms with Crippen LogP contribution in [-0.2, 0) is 11.0 Å². The standard InChI is InChI=1S/C20H16F4N4O2S/c1-30-16-4-3-11(8-14(16)21)28-18(31)27(17(29)19(28)5-2-6-19)12-7-13(20(22,23)24)15(9-25)26-10-12/h3-4,7-8,10,18,31H,2,5-6H2,1H3. The van der Waals surface area contributed by atoms with Crippen molar-refractivity contribution < 1.29 is 27.1 Å². The fourth-order valence-electron chi connectivity index (χ4n) is 4.06. The summed E-state index contributed by atoms with van der Waals surface area (Å²) < 4.78 is 59.5. The lowest BCUT2D eigenvalue weighted by atomic mass is 9.75. The van der Waals surface area contributed by atoms with Crippen LogP contribution < -0.4 is 14.5 Å². The van der Waals surface area contributed by atoms with Crippen molar-refractivity contribution in [2.45, 2.75) is 36.5 Å². The van der Waals surface area contributed by atoms with Crippen LogP contribution in [0.5, 0.6) is 5.75 Å². The maximum absolute atomic E-state index is 14.3. The average molecular weight is 452 g/mol. The molecule has 1 aromatic carbocycles. The van der Waals surface area contributed by atoms with Gasteiger partial charge in [-0.2, -0.15) is 18.4 Å². The number of rotatable bonds is 3. The molecule has 2 aromatic rings. The minimum Gasteiger partial charge on any atom is -0.494 e. The maximum atomic E-state index is 14.3. The Kier molecular flexibility index (Phi) is 5.00. The number of carbonyl (C=O) groups is 1. The van der Waals surface area contributed by atoms with E-state index in [1.165, 1.54) is 25.3 Å². The summed E-state index contributed by atoms with van der Waals surface area (Å²) in [5, 5.41) is 8.97. The molecule has 1 unspecified atom stereocenters. The number of pyridine rings is 1. The van der Waals surface area contributed by atoms with Gasteiger partial charge in [-0.1, -0.05) is 0 Å². The Morgan fingerprint density at radius 2 is 2.00 bits per heavy atom. The molecule has 2 heterocycles. The lowest BCUT2D eigenvalue weighted by Crippen LogP contribution is -2.55. The molecule has 1 saturated carbocycles. The second kappa shape index (κ2) is 7.30. The van der Waals surface area contributed by atoms with Crippen molar-refractivity contribution in [2.75, 3.05) is 16.9 Å². The Morgan fingerprint density at radius 3 is 2.52 bits per heavy atom. The van der Waals surface area contributed by atoms with Crippen LogP contribution in [0.2, 0.25) is 0 Å². The summed E-state index contributed by atoms with van der Waals surface area (Å²) in [5.74, 6) is -1.06. The first-order chi connectivity index (χ1) is 14.6. The number of ether oxygens (including phenoxy) is 1. The number of anilines is 2. The normalized spacial score (nSPS) is 20.0. The zero-order valence-corrected chi connectivity index (χ0v) is 17.0. The highest BCUT2D eigenvalue weighted by Gasteiger charge is 2.60. The smallest absolute Gasteiger partial charge is 0.419 e. The minimum atomic E-state index is -4.82.